The fraction of sp³-hybridized carbons (Fsp3) is 0.333. The average molecular weight is 216 g/mol. The number of aromatic amines is 1. The second-order valence-corrected chi connectivity index (χ2v) is 4.18. The molecule has 0 radical (unpaired) electrons. The number of hydrogen-bond acceptors (Lipinski definition) is 3. The number of nitrogens with two attached hydrogens (primary N) is 1. The highest BCUT2D eigenvalue weighted by Crippen LogP contribution is 2.15. The van der Waals surface area contributed by atoms with Gasteiger partial charge in [0.15, 0.2) is 0 Å². The summed E-state index contributed by atoms with van der Waals surface area (Å²) in [5.74, 6) is 0.735. The van der Waals surface area contributed by atoms with Crippen molar-refractivity contribution in [1.82, 2.24) is 15.2 Å². The molecule has 0 amide bonds. The van der Waals surface area contributed by atoms with Gasteiger partial charge in [0.1, 0.15) is 12.2 Å². The van der Waals surface area contributed by atoms with Gasteiger partial charge < -0.3 is 5.73 Å². The highest BCUT2D eigenvalue weighted by atomic mass is 15.2. The second kappa shape index (κ2) is 4.45. The molecule has 1 aromatic heterocycles. The van der Waals surface area contributed by atoms with Crippen LogP contribution in [0.1, 0.15) is 28.6 Å². The lowest BCUT2D eigenvalue weighted by molar-refractivity contribution is 0.670. The van der Waals surface area contributed by atoms with Crippen LogP contribution < -0.4 is 5.73 Å². The summed E-state index contributed by atoms with van der Waals surface area (Å²) in [4.78, 5) is 4.07. The average Bonchev–Trinajstić information content (AvgIpc) is 2.68. The Bertz CT molecular complexity index is 442. The van der Waals surface area contributed by atoms with Crippen molar-refractivity contribution in [3.8, 4) is 0 Å². The molecule has 1 heterocycles. The summed E-state index contributed by atoms with van der Waals surface area (Å²) >= 11 is 0. The van der Waals surface area contributed by atoms with E-state index in [1.165, 1.54) is 23.0 Å². The van der Waals surface area contributed by atoms with Gasteiger partial charge in [0.05, 0.1) is 6.04 Å². The number of aromatic nitrogens is 3. The van der Waals surface area contributed by atoms with E-state index in [-0.39, 0.29) is 6.04 Å². The first-order chi connectivity index (χ1) is 7.65. The summed E-state index contributed by atoms with van der Waals surface area (Å²) in [6, 6.07) is 6.35. The molecule has 0 spiro atoms. The fourth-order valence-electron chi connectivity index (χ4n) is 1.93. The minimum atomic E-state index is -0.122. The van der Waals surface area contributed by atoms with Gasteiger partial charge in [-0.15, -0.1) is 0 Å². The Morgan fingerprint density at radius 3 is 2.50 bits per heavy atom. The first-order valence-electron chi connectivity index (χ1n) is 5.33. The minimum Gasteiger partial charge on any atom is -0.321 e. The molecule has 0 aliphatic heterocycles. The topological polar surface area (TPSA) is 67.6 Å². The van der Waals surface area contributed by atoms with Crippen LogP contribution in [0.3, 0.4) is 0 Å². The van der Waals surface area contributed by atoms with Crippen molar-refractivity contribution in [3.63, 3.8) is 0 Å². The van der Waals surface area contributed by atoms with Gasteiger partial charge in [0.2, 0.25) is 0 Å². The molecule has 0 aliphatic rings. The van der Waals surface area contributed by atoms with Crippen LogP contribution in [0.5, 0.6) is 0 Å². The SMILES string of the molecule is Cc1cc(C)cc(CC(N)c2ncn[nH]2)c1. The standard InChI is InChI=1S/C12H16N4/c1-8-3-9(2)5-10(4-8)6-11(13)12-14-7-15-16-12/h3-5,7,11H,6,13H2,1-2H3,(H,14,15,16). The van der Waals surface area contributed by atoms with Crippen LogP contribution in [-0.2, 0) is 6.42 Å². The van der Waals surface area contributed by atoms with Crippen LogP contribution in [0.15, 0.2) is 24.5 Å². The van der Waals surface area contributed by atoms with Crippen LogP contribution in [0.25, 0.3) is 0 Å². The molecular formula is C12H16N4. The Balaban J connectivity index is 2.15. The lowest BCUT2D eigenvalue weighted by Gasteiger charge is -2.09. The minimum absolute atomic E-state index is 0.122. The summed E-state index contributed by atoms with van der Waals surface area (Å²) in [6.45, 7) is 4.19. The van der Waals surface area contributed by atoms with Crippen molar-refractivity contribution in [3.05, 3.63) is 47.0 Å². The van der Waals surface area contributed by atoms with E-state index in [2.05, 4.69) is 47.2 Å². The van der Waals surface area contributed by atoms with E-state index >= 15 is 0 Å². The van der Waals surface area contributed by atoms with Crippen molar-refractivity contribution in [2.45, 2.75) is 26.3 Å². The molecule has 2 aromatic rings. The number of aryl methyl sites for hydroxylation is 2. The van der Waals surface area contributed by atoms with Crippen molar-refractivity contribution in [1.29, 1.82) is 0 Å². The maximum atomic E-state index is 6.04. The Hall–Kier alpha value is -1.68. The number of benzene rings is 1. The normalized spacial score (nSPS) is 12.7. The molecule has 0 fully saturated rings. The predicted octanol–water partition coefficient (Wildman–Crippen LogP) is 1.66. The predicted molar refractivity (Wildman–Crippen MR) is 62.9 cm³/mol. The molecule has 2 rings (SSSR count). The highest BCUT2D eigenvalue weighted by molar-refractivity contribution is 5.29. The molecule has 0 saturated carbocycles. The van der Waals surface area contributed by atoms with Gasteiger partial charge in [-0.25, -0.2) is 4.98 Å². The van der Waals surface area contributed by atoms with E-state index in [9.17, 15) is 0 Å². The van der Waals surface area contributed by atoms with E-state index in [1.807, 2.05) is 0 Å². The zero-order valence-electron chi connectivity index (χ0n) is 9.57. The van der Waals surface area contributed by atoms with Crippen LogP contribution in [0.2, 0.25) is 0 Å². The van der Waals surface area contributed by atoms with Gasteiger partial charge in [-0.2, -0.15) is 5.10 Å². The molecule has 1 atom stereocenters. The van der Waals surface area contributed by atoms with Gasteiger partial charge in [0.25, 0.3) is 0 Å². The molecule has 0 aliphatic carbocycles. The first kappa shape index (κ1) is 10.8. The van der Waals surface area contributed by atoms with Crippen molar-refractivity contribution in [2.24, 2.45) is 5.73 Å². The summed E-state index contributed by atoms with van der Waals surface area (Å²) in [5.41, 5.74) is 9.80. The first-order valence-corrected chi connectivity index (χ1v) is 5.33. The van der Waals surface area contributed by atoms with Crippen molar-refractivity contribution < 1.29 is 0 Å². The second-order valence-electron chi connectivity index (χ2n) is 4.18. The molecule has 4 heteroatoms. The third-order valence-electron chi connectivity index (χ3n) is 2.52. The quantitative estimate of drug-likeness (QED) is 0.820. The number of nitrogens with one attached hydrogen (secondary N) is 1. The lowest BCUT2D eigenvalue weighted by Crippen LogP contribution is -2.15. The Morgan fingerprint density at radius 2 is 1.94 bits per heavy atom. The lowest BCUT2D eigenvalue weighted by atomic mass is 10.0. The third-order valence-corrected chi connectivity index (χ3v) is 2.52. The molecule has 84 valence electrons. The van der Waals surface area contributed by atoms with Crippen molar-refractivity contribution in [2.75, 3.05) is 0 Å². The highest BCUT2D eigenvalue weighted by Gasteiger charge is 2.10. The van der Waals surface area contributed by atoms with Gasteiger partial charge in [-0.3, -0.25) is 5.10 Å². The Kier molecular flexibility index (Phi) is 3.01. The zero-order valence-corrected chi connectivity index (χ0v) is 9.57. The van der Waals surface area contributed by atoms with E-state index in [1.54, 1.807) is 0 Å². The monoisotopic (exact) mass is 216 g/mol. The molecule has 4 nitrogen and oxygen atoms in total. The Morgan fingerprint density at radius 1 is 1.25 bits per heavy atom. The van der Waals surface area contributed by atoms with Crippen LogP contribution in [0.4, 0.5) is 0 Å². The molecule has 3 N–H and O–H groups in total. The summed E-state index contributed by atoms with van der Waals surface area (Å²) < 4.78 is 0. The number of rotatable bonds is 3. The molecule has 0 bridgehead atoms. The number of H-pyrrole nitrogens is 1. The maximum Gasteiger partial charge on any atom is 0.141 e. The molecule has 0 saturated heterocycles. The number of nitrogens with zero attached hydrogens (tertiary/aromatic N) is 2. The molecular weight excluding hydrogens is 200 g/mol. The Labute approximate surface area is 94.9 Å². The van der Waals surface area contributed by atoms with E-state index in [0.29, 0.717) is 0 Å². The van der Waals surface area contributed by atoms with E-state index in [4.69, 9.17) is 5.73 Å². The third kappa shape index (κ3) is 2.46. The van der Waals surface area contributed by atoms with Crippen LogP contribution in [0, 0.1) is 13.8 Å². The largest absolute Gasteiger partial charge is 0.321 e. The van der Waals surface area contributed by atoms with Crippen molar-refractivity contribution >= 4 is 0 Å². The summed E-state index contributed by atoms with van der Waals surface area (Å²) in [7, 11) is 0. The molecule has 16 heavy (non-hydrogen) atoms. The maximum absolute atomic E-state index is 6.04. The van der Waals surface area contributed by atoms with E-state index < -0.39 is 0 Å². The van der Waals surface area contributed by atoms with Gasteiger partial charge >= 0.3 is 0 Å². The zero-order chi connectivity index (χ0) is 11.5. The van der Waals surface area contributed by atoms with Crippen LogP contribution >= 0.6 is 0 Å². The number of hydrogen-bond donors (Lipinski definition) is 2. The molecule has 1 unspecified atom stereocenters. The molecule has 1 aromatic carbocycles. The van der Waals surface area contributed by atoms with Gasteiger partial charge in [-0.1, -0.05) is 29.3 Å². The summed E-state index contributed by atoms with van der Waals surface area (Å²) in [6.07, 6.45) is 2.26. The smallest absolute Gasteiger partial charge is 0.141 e. The summed E-state index contributed by atoms with van der Waals surface area (Å²) in [5, 5.41) is 6.60. The van der Waals surface area contributed by atoms with Crippen LogP contribution in [-0.4, -0.2) is 15.2 Å². The van der Waals surface area contributed by atoms with Gasteiger partial charge in [-0.05, 0) is 25.8 Å². The van der Waals surface area contributed by atoms with E-state index in [0.717, 1.165) is 12.2 Å². The van der Waals surface area contributed by atoms with Gasteiger partial charge in [0, 0.05) is 0 Å². The fourth-order valence-corrected chi connectivity index (χ4v) is 1.93.